The summed E-state index contributed by atoms with van der Waals surface area (Å²) < 4.78 is 12.1. The van der Waals surface area contributed by atoms with Crippen molar-refractivity contribution in [3.63, 3.8) is 0 Å². The van der Waals surface area contributed by atoms with Gasteiger partial charge in [-0.1, -0.05) is 30.3 Å². The lowest BCUT2D eigenvalue weighted by atomic mass is 10.2. The van der Waals surface area contributed by atoms with Gasteiger partial charge in [-0.15, -0.1) is 0 Å². The first kappa shape index (κ1) is 16.2. The molecule has 1 saturated heterocycles. The van der Waals surface area contributed by atoms with E-state index < -0.39 is 10.8 Å². The monoisotopic (exact) mass is 334 g/mol. The third-order valence-electron chi connectivity index (χ3n) is 4.33. The van der Waals surface area contributed by atoms with E-state index >= 15 is 0 Å². The van der Waals surface area contributed by atoms with Gasteiger partial charge >= 0.3 is 0 Å². The third kappa shape index (κ3) is 4.41. The van der Waals surface area contributed by atoms with Crippen LogP contribution < -0.4 is 0 Å². The molecule has 1 aromatic rings. The van der Waals surface area contributed by atoms with Crippen LogP contribution in [0.3, 0.4) is 0 Å². The molecule has 5 nitrogen and oxygen atoms in total. The van der Waals surface area contributed by atoms with Gasteiger partial charge in [-0.25, -0.2) is 0 Å². The van der Waals surface area contributed by atoms with Crippen LogP contribution >= 0.6 is 0 Å². The van der Waals surface area contributed by atoms with Gasteiger partial charge in [-0.2, -0.15) is 0 Å². The average Bonchev–Trinajstić information content (AvgIpc) is 3.40. The fourth-order valence-electron chi connectivity index (χ4n) is 2.80. The third-order valence-corrected chi connectivity index (χ3v) is 5.55. The number of piperazine rings is 1. The molecule has 1 saturated carbocycles. The summed E-state index contributed by atoms with van der Waals surface area (Å²) in [4.78, 5) is 27.8. The number of amides is 2. The Bertz CT molecular complexity index is 593. The van der Waals surface area contributed by atoms with Gasteiger partial charge in [0.2, 0.25) is 11.8 Å². The van der Waals surface area contributed by atoms with Crippen LogP contribution in [0, 0.1) is 5.92 Å². The second-order valence-corrected chi connectivity index (χ2v) is 7.65. The first-order chi connectivity index (χ1) is 11.1. The lowest BCUT2D eigenvalue weighted by Crippen LogP contribution is -2.51. The molecule has 0 spiro atoms. The molecule has 124 valence electrons. The molecular formula is C17H22N2O3S. The van der Waals surface area contributed by atoms with E-state index in [0.29, 0.717) is 31.9 Å². The molecule has 1 heterocycles. The van der Waals surface area contributed by atoms with Crippen molar-refractivity contribution < 1.29 is 13.8 Å². The summed E-state index contributed by atoms with van der Waals surface area (Å²) in [5.41, 5.74) is 0.985. The topological polar surface area (TPSA) is 57.7 Å². The van der Waals surface area contributed by atoms with Crippen LogP contribution in [0.4, 0.5) is 0 Å². The smallest absolute Gasteiger partial charge is 0.235 e. The van der Waals surface area contributed by atoms with Gasteiger partial charge in [0.25, 0.3) is 0 Å². The minimum absolute atomic E-state index is 0.0610. The van der Waals surface area contributed by atoms with E-state index in [2.05, 4.69) is 0 Å². The minimum Gasteiger partial charge on any atom is -0.339 e. The molecule has 2 fully saturated rings. The fourth-order valence-corrected chi connectivity index (χ4v) is 3.93. The van der Waals surface area contributed by atoms with Crippen LogP contribution in [0.2, 0.25) is 0 Å². The zero-order chi connectivity index (χ0) is 16.2. The SMILES string of the molecule is O=C(CS(=O)Cc1ccccc1)N1CCN(C(=O)C2CC2)CC1. The van der Waals surface area contributed by atoms with Crippen molar-refractivity contribution in [2.24, 2.45) is 5.92 Å². The molecule has 2 amide bonds. The fraction of sp³-hybridized carbons (Fsp3) is 0.529. The highest BCUT2D eigenvalue weighted by atomic mass is 32.2. The number of benzene rings is 1. The molecule has 2 aliphatic rings. The molecule has 1 atom stereocenters. The summed E-state index contributed by atoms with van der Waals surface area (Å²) >= 11 is 0. The van der Waals surface area contributed by atoms with Crippen LogP contribution in [0.15, 0.2) is 30.3 Å². The van der Waals surface area contributed by atoms with Gasteiger partial charge in [0.1, 0.15) is 5.75 Å². The summed E-state index contributed by atoms with van der Waals surface area (Å²) in [6, 6.07) is 9.57. The van der Waals surface area contributed by atoms with Crippen LogP contribution in [0.5, 0.6) is 0 Å². The van der Waals surface area contributed by atoms with E-state index in [1.807, 2.05) is 35.2 Å². The number of hydrogen-bond acceptors (Lipinski definition) is 3. The Morgan fingerprint density at radius 2 is 1.61 bits per heavy atom. The van der Waals surface area contributed by atoms with E-state index in [4.69, 9.17) is 0 Å². The van der Waals surface area contributed by atoms with Crippen molar-refractivity contribution >= 4 is 22.6 Å². The normalized spacial score (nSPS) is 19.5. The number of nitrogens with zero attached hydrogens (tertiary/aromatic N) is 2. The maximum absolute atomic E-state index is 12.3. The van der Waals surface area contributed by atoms with Gasteiger partial charge < -0.3 is 9.80 Å². The summed E-state index contributed by atoms with van der Waals surface area (Å²) in [7, 11) is -1.19. The molecule has 0 bridgehead atoms. The molecule has 1 aromatic carbocycles. The maximum Gasteiger partial charge on any atom is 0.235 e. The van der Waals surface area contributed by atoms with Crippen LogP contribution in [-0.2, 0) is 26.1 Å². The van der Waals surface area contributed by atoms with E-state index in [0.717, 1.165) is 18.4 Å². The van der Waals surface area contributed by atoms with E-state index in [1.54, 1.807) is 4.90 Å². The molecular weight excluding hydrogens is 312 g/mol. The zero-order valence-corrected chi connectivity index (χ0v) is 14.0. The number of carbonyl (C=O) groups excluding carboxylic acids is 2. The quantitative estimate of drug-likeness (QED) is 0.808. The first-order valence-electron chi connectivity index (χ1n) is 8.09. The number of carbonyl (C=O) groups is 2. The van der Waals surface area contributed by atoms with Gasteiger partial charge in [-0.05, 0) is 18.4 Å². The van der Waals surface area contributed by atoms with Crippen molar-refractivity contribution in [1.29, 1.82) is 0 Å². The number of rotatable bonds is 5. The molecule has 1 aliphatic heterocycles. The molecule has 0 radical (unpaired) electrons. The largest absolute Gasteiger partial charge is 0.339 e. The molecule has 1 unspecified atom stereocenters. The van der Waals surface area contributed by atoms with Gasteiger partial charge in [0.05, 0.1) is 0 Å². The summed E-state index contributed by atoms with van der Waals surface area (Å²) in [6.07, 6.45) is 2.02. The lowest BCUT2D eigenvalue weighted by Gasteiger charge is -2.34. The van der Waals surface area contributed by atoms with Crippen molar-refractivity contribution in [3.8, 4) is 0 Å². The predicted molar refractivity (Wildman–Crippen MR) is 89.0 cm³/mol. The summed E-state index contributed by atoms with van der Waals surface area (Å²) in [5, 5.41) is 0. The highest BCUT2D eigenvalue weighted by Crippen LogP contribution is 2.31. The molecule has 0 aromatic heterocycles. The average molecular weight is 334 g/mol. The second-order valence-electron chi connectivity index (χ2n) is 6.19. The van der Waals surface area contributed by atoms with Gasteiger partial charge in [0.15, 0.2) is 0 Å². The van der Waals surface area contributed by atoms with Gasteiger partial charge in [0, 0.05) is 48.6 Å². The highest BCUT2D eigenvalue weighted by molar-refractivity contribution is 7.84. The van der Waals surface area contributed by atoms with Crippen LogP contribution in [0.25, 0.3) is 0 Å². The van der Waals surface area contributed by atoms with E-state index in [-0.39, 0.29) is 23.5 Å². The Morgan fingerprint density at radius 1 is 1.00 bits per heavy atom. The molecule has 0 N–H and O–H groups in total. The summed E-state index contributed by atoms with van der Waals surface area (Å²) in [5.74, 6) is 0.871. The maximum atomic E-state index is 12.3. The standard InChI is InChI=1S/C17H22N2O3S/c20-16(13-23(22)12-14-4-2-1-3-5-14)18-8-10-19(11-9-18)17(21)15-6-7-15/h1-5,15H,6-13H2. The molecule has 1 aliphatic carbocycles. The molecule has 6 heteroatoms. The Kier molecular flexibility index (Phi) is 5.10. The Balaban J connectivity index is 1.44. The zero-order valence-electron chi connectivity index (χ0n) is 13.1. The lowest BCUT2D eigenvalue weighted by molar-refractivity contribution is -0.139. The molecule has 23 heavy (non-hydrogen) atoms. The van der Waals surface area contributed by atoms with Crippen molar-refractivity contribution in [3.05, 3.63) is 35.9 Å². The van der Waals surface area contributed by atoms with Crippen molar-refractivity contribution in [1.82, 2.24) is 9.80 Å². The highest BCUT2D eigenvalue weighted by Gasteiger charge is 2.35. The van der Waals surface area contributed by atoms with Gasteiger partial charge in [-0.3, -0.25) is 13.8 Å². The first-order valence-corrected chi connectivity index (χ1v) is 9.58. The Morgan fingerprint density at radius 3 is 2.22 bits per heavy atom. The van der Waals surface area contributed by atoms with E-state index in [1.165, 1.54) is 0 Å². The predicted octanol–water partition coefficient (Wildman–Crippen LogP) is 1.02. The second kappa shape index (κ2) is 7.25. The van der Waals surface area contributed by atoms with Crippen molar-refractivity contribution in [2.45, 2.75) is 18.6 Å². The Hall–Kier alpha value is -1.69. The summed E-state index contributed by atoms with van der Waals surface area (Å²) in [6.45, 7) is 2.32. The van der Waals surface area contributed by atoms with E-state index in [9.17, 15) is 13.8 Å². The minimum atomic E-state index is -1.19. The number of hydrogen-bond donors (Lipinski definition) is 0. The molecule has 3 rings (SSSR count). The van der Waals surface area contributed by atoms with Crippen molar-refractivity contribution in [2.75, 3.05) is 31.9 Å². The Labute approximate surface area is 139 Å². The van der Waals surface area contributed by atoms with Crippen LogP contribution in [-0.4, -0.2) is 57.8 Å². The van der Waals surface area contributed by atoms with Crippen LogP contribution in [0.1, 0.15) is 18.4 Å².